The summed E-state index contributed by atoms with van der Waals surface area (Å²) in [5.41, 5.74) is 3.24. The number of amides is 4. The van der Waals surface area contributed by atoms with Gasteiger partial charge in [0.15, 0.2) is 0 Å². The first kappa shape index (κ1) is 29.0. The number of hydrogen-bond acceptors (Lipinski definition) is 4. The Bertz CT molecular complexity index is 1240. The van der Waals surface area contributed by atoms with Gasteiger partial charge in [0, 0.05) is 24.9 Å². The summed E-state index contributed by atoms with van der Waals surface area (Å²) in [4.78, 5) is 36.8. The Labute approximate surface area is 229 Å². The molecular formula is C31H36N4O4. The second-order valence-corrected chi connectivity index (χ2v) is 9.92. The van der Waals surface area contributed by atoms with Crippen LogP contribution < -0.4 is 21.3 Å². The normalized spacial score (nSPS) is 11.9. The van der Waals surface area contributed by atoms with Gasteiger partial charge in [-0.3, -0.25) is 4.79 Å². The molecule has 0 radical (unpaired) electrons. The maximum Gasteiger partial charge on any atom is 0.407 e. The van der Waals surface area contributed by atoms with Crippen molar-refractivity contribution in [1.82, 2.24) is 16.0 Å². The number of alkyl carbamates (subject to hydrolysis) is 1. The van der Waals surface area contributed by atoms with Gasteiger partial charge in [-0.1, -0.05) is 78.9 Å². The fourth-order valence-electron chi connectivity index (χ4n) is 3.67. The smallest absolute Gasteiger partial charge is 0.407 e. The van der Waals surface area contributed by atoms with E-state index in [1.54, 1.807) is 26.8 Å². The molecule has 0 saturated carbocycles. The molecule has 1 unspecified atom stereocenters. The maximum atomic E-state index is 12.8. The van der Waals surface area contributed by atoms with Gasteiger partial charge in [-0.2, -0.15) is 0 Å². The Balaban J connectivity index is 1.53. The maximum absolute atomic E-state index is 12.8. The zero-order valence-corrected chi connectivity index (χ0v) is 22.6. The van der Waals surface area contributed by atoms with Gasteiger partial charge >= 0.3 is 12.1 Å². The van der Waals surface area contributed by atoms with Crippen LogP contribution >= 0.6 is 0 Å². The molecule has 8 heteroatoms. The highest BCUT2D eigenvalue weighted by molar-refractivity contribution is 5.90. The van der Waals surface area contributed by atoms with Crippen molar-refractivity contribution in [3.05, 3.63) is 103 Å². The van der Waals surface area contributed by atoms with E-state index in [1.165, 1.54) is 6.08 Å². The summed E-state index contributed by atoms with van der Waals surface area (Å²) in [6, 6.07) is 26.5. The van der Waals surface area contributed by atoms with E-state index in [2.05, 4.69) is 21.3 Å². The number of hydrogen-bond donors (Lipinski definition) is 4. The molecule has 204 valence electrons. The van der Waals surface area contributed by atoms with Crippen LogP contribution in [0.3, 0.4) is 0 Å². The molecule has 0 fully saturated rings. The molecule has 0 aliphatic rings. The zero-order chi connectivity index (χ0) is 28.1. The number of carbonyl (C=O) groups excluding carboxylic acids is 3. The summed E-state index contributed by atoms with van der Waals surface area (Å²) >= 11 is 0. The molecule has 0 saturated heterocycles. The van der Waals surface area contributed by atoms with Crippen molar-refractivity contribution >= 4 is 23.7 Å². The van der Waals surface area contributed by atoms with Crippen LogP contribution in [-0.2, 0) is 16.0 Å². The van der Waals surface area contributed by atoms with Crippen LogP contribution in [-0.4, -0.2) is 42.8 Å². The third-order valence-corrected chi connectivity index (χ3v) is 5.44. The highest BCUT2D eigenvalue weighted by Crippen LogP contribution is 2.21. The third-order valence-electron chi connectivity index (χ3n) is 5.44. The van der Waals surface area contributed by atoms with Gasteiger partial charge in [0.25, 0.3) is 0 Å². The minimum absolute atomic E-state index is 0.228. The summed E-state index contributed by atoms with van der Waals surface area (Å²) in [7, 11) is 0. The predicted octanol–water partition coefficient (Wildman–Crippen LogP) is 5.28. The molecule has 3 aromatic rings. The Morgan fingerprint density at radius 2 is 1.38 bits per heavy atom. The van der Waals surface area contributed by atoms with Crippen LogP contribution in [0.5, 0.6) is 0 Å². The molecule has 39 heavy (non-hydrogen) atoms. The Morgan fingerprint density at radius 1 is 0.795 bits per heavy atom. The number of rotatable bonds is 10. The third kappa shape index (κ3) is 11.1. The molecule has 4 amide bonds. The fourth-order valence-corrected chi connectivity index (χ4v) is 3.67. The first-order chi connectivity index (χ1) is 18.7. The van der Waals surface area contributed by atoms with E-state index in [0.717, 1.165) is 16.7 Å². The number of nitrogens with one attached hydrogen (secondary N) is 4. The molecule has 0 bridgehead atoms. The Morgan fingerprint density at radius 3 is 2.03 bits per heavy atom. The lowest BCUT2D eigenvalue weighted by Gasteiger charge is -2.19. The van der Waals surface area contributed by atoms with Crippen molar-refractivity contribution in [2.45, 2.75) is 38.8 Å². The van der Waals surface area contributed by atoms with Crippen LogP contribution in [0.2, 0.25) is 0 Å². The predicted molar refractivity (Wildman–Crippen MR) is 154 cm³/mol. The van der Waals surface area contributed by atoms with Gasteiger partial charge < -0.3 is 26.0 Å². The van der Waals surface area contributed by atoms with Crippen LogP contribution in [0.25, 0.3) is 11.1 Å². The van der Waals surface area contributed by atoms with Crippen molar-refractivity contribution < 1.29 is 19.1 Å². The van der Waals surface area contributed by atoms with E-state index in [0.29, 0.717) is 12.1 Å². The van der Waals surface area contributed by atoms with Crippen LogP contribution in [0, 0.1) is 0 Å². The van der Waals surface area contributed by atoms with E-state index < -0.39 is 17.7 Å². The molecule has 8 nitrogen and oxygen atoms in total. The summed E-state index contributed by atoms with van der Waals surface area (Å²) in [5.74, 6) is -0.335. The summed E-state index contributed by atoms with van der Waals surface area (Å²) in [6.07, 6.45) is 3.00. The lowest BCUT2D eigenvalue weighted by atomic mass is 10.1. The highest BCUT2D eigenvalue weighted by Gasteiger charge is 2.15. The standard InChI is InChI=1S/C31H36N4O4/c1-31(2,3)39-30(38)33-21-20-32-28(36)19-18-27(22-23-10-6-4-7-11-23)35-29(37)34-26-16-14-25(15-17-26)24-12-8-5-9-13-24/h4-19,27H,20-22H2,1-3H3,(H,32,36)(H,33,38)(H2,34,35,37). The van der Waals surface area contributed by atoms with Gasteiger partial charge in [0.2, 0.25) is 5.91 Å². The van der Waals surface area contributed by atoms with E-state index in [4.69, 9.17) is 4.74 Å². The SMILES string of the molecule is CC(C)(C)OC(=O)NCCNC(=O)C=CC(Cc1ccccc1)NC(=O)Nc1ccc(-c2ccccc2)cc1. The lowest BCUT2D eigenvalue weighted by Crippen LogP contribution is -2.39. The van der Waals surface area contributed by atoms with Crippen LogP contribution in [0.1, 0.15) is 26.3 Å². The van der Waals surface area contributed by atoms with Gasteiger partial charge in [-0.15, -0.1) is 0 Å². The molecule has 4 N–H and O–H groups in total. The van der Waals surface area contributed by atoms with Crippen LogP contribution in [0.15, 0.2) is 97.1 Å². The summed E-state index contributed by atoms with van der Waals surface area (Å²) in [5, 5.41) is 11.1. The Kier molecular flexibility index (Phi) is 10.7. The van der Waals surface area contributed by atoms with Crippen LogP contribution in [0.4, 0.5) is 15.3 Å². The number of anilines is 1. The molecule has 0 aromatic heterocycles. The molecule has 0 aliphatic heterocycles. The topological polar surface area (TPSA) is 109 Å². The summed E-state index contributed by atoms with van der Waals surface area (Å²) in [6.45, 7) is 5.80. The van der Waals surface area contributed by atoms with Crippen molar-refractivity contribution in [3.8, 4) is 11.1 Å². The second-order valence-electron chi connectivity index (χ2n) is 9.92. The van der Waals surface area contributed by atoms with E-state index in [-0.39, 0.29) is 25.0 Å². The number of benzene rings is 3. The van der Waals surface area contributed by atoms with Crippen molar-refractivity contribution in [2.75, 3.05) is 18.4 Å². The summed E-state index contributed by atoms with van der Waals surface area (Å²) < 4.78 is 5.16. The Hall–Kier alpha value is -4.59. The quantitative estimate of drug-likeness (QED) is 0.212. The van der Waals surface area contributed by atoms with E-state index in [1.807, 2.05) is 84.9 Å². The molecule has 0 aliphatic carbocycles. The number of ether oxygens (including phenoxy) is 1. The van der Waals surface area contributed by atoms with Gasteiger partial charge in [-0.05, 0) is 56.0 Å². The number of urea groups is 1. The average molecular weight is 529 g/mol. The van der Waals surface area contributed by atoms with Crippen molar-refractivity contribution in [1.29, 1.82) is 0 Å². The van der Waals surface area contributed by atoms with Gasteiger partial charge in [0.1, 0.15) is 5.60 Å². The fraction of sp³-hybridized carbons (Fsp3) is 0.258. The minimum Gasteiger partial charge on any atom is -0.444 e. The first-order valence-electron chi connectivity index (χ1n) is 12.9. The minimum atomic E-state index is -0.589. The molecule has 3 aromatic carbocycles. The van der Waals surface area contributed by atoms with E-state index >= 15 is 0 Å². The number of carbonyl (C=O) groups is 3. The molecule has 1 atom stereocenters. The largest absolute Gasteiger partial charge is 0.444 e. The molecular weight excluding hydrogens is 492 g/mol. The molecule has 3 rings (SSSR count). The van der Waals surface area contributed by atoms with Gasteiger partial charge in [-0.25, -0.2) is 9.59 Å². The van der Waals surface area contributed by atoms with Crippen molar-refractivity contribution in [3.63, 3.8) is 0 Å². The zero-order valence-electron chi connectivity index (χ0n) is 22.6. The molecule has 0 heterocycles. The van der Waals surface area contributed by atoms with E-state index in [9.17, 15) is 14.4 Å². The monoisotopic (exact) mass is 528 g/mol. The first-order valence-corrected chi connectivity index (χ1v) is 12.9. The van der Waals surface area contributed by atoms with Gasteiger partial charge in [0.05, 0.1) is 6.04 Å². The molecule has 0 spiro atoms. The highest BCUT2D eigenvalue weighted by atomic mass is 16.6. The second kappa shape index (κ2) is 14.4. The lowest BCUT2D eigenvalue weighted by molar-refractivity contribution is -0.116. The van der Waals surface area contributed by atoms with Crippen molar-refractivity contribution in [2.24, 2.45) is 0 Å². The average Bonchev–Trinajstić information content (AvgIpc) is 2.90.